The molecule has 28 heavy (non-hydrogen) atoms. The first-order valence-electron chi connectivity index (χ1n) is 9.80. The molecular formula is C20H33IN4O2S. The van der Waals surface area contributed by atoms with Gasteiger partial charge >= 0.3 is 0 Å². The molecule has 8 heteroatoms. The molecule has 3 unspecified atom stereocenters. The summed E-state index contributed by atoms with van der Waals surface area (Å²) >= 11 is 0. The number of aliphatic imine (C=N–C) groups is 1. The lowest BCUT2D eigenvalue weighted by Crippen LogP contribution is -2.46. The van der Waals surface area contributed by atoms with Crippen LogP contribution < -0.4 is 16.0 Å². The molecule has 0 spiro atoms. The van der Waals surface area contributed by atoms with Crippen molar-refractivity contribution in [2.24, 2.45) is 4.99 Å². The van der Waals surface area contributed by atoms with E-state index in [0.717, 1.165) is 49.5 Å². The van der Waals surface area contributed by atoms with E-state index in [-0.39, 0.29) is 35.1 Å². The van der Waals surface area contributed by atoms with Gasteiger partial charge in [-0.1, -0.05) is 25.5 Å². The summed E-state index contributed by atoms with van der Waals surface area (Å²) in [7, 11) is 0.896. The summed E-state index contributed by atoms with van der Waals surface area (Å²) < 4.78 is 12.2. The highest BCUT2D eigenvalue weighted by Crippen LogP contribution is 2.23. The molecule has 1 amide bonds. The highest BCUT2D eigenvalue weighted by molar-refractivity contribution is 14.0. The molecule has 0 heterocycles. The Morgan fingerprint density at radius 2 is 2.07 bits per heavy atom. The van der Waals surface area contributed by atoms with Crippen molar-refractivity contribution in [2.45, 2.75) is 57.4 Å². The number of hydrogen-bond acceptors (Lipinski definition) is 3. The van der Waals surface area contributed by atoms with Crippen molar-refractivity contribution < 1.29 is 9.00 Å². The number of carbonyl (C=O) groups is 1. The minimum atomic E-state index is -0.732. The normalized spacial score (nSPS) is 20.6. The van der Waals surface area contributed by atoms with Gasteiger partial charge in [0.2, 0.25) is 0 Å². The first-order chi connectivity index (χ1) is 13.1. The van der Waals surface area contributed by atoms with Gasteiger partial charge < -0.3 is 16.0 Å². The third-order valence-electron chi connectivity index (χ3n) is 4.80. The molecule has 0 bridgehead atoms. The first kappa shape index (κ1) is 24.9. The molecule has 0 aliphatic heterocycles. The average Bonchev–Trinajstić information content (AvgIpc) is 2.71. The molecule has 158 valence electrons. The Bertz CT molecular complexity index is 684. The SMILES string of the molecule is CCNC(=NCc1cccc(C(=O)NC)c1)NC1CCCC(S(=O)CC)C1.I. The zero-order valence-corrected chi connectivity index (χ0v) is 20.1. The molecule has 1 aromatic rings. The topological polar surface area (TPSA) is 82.6 Å². The Labute approximate surface area is 188 Å². The largest absolute Gasteiger partial charge is 0.357 e. The van der Waals surface area contributed by atoms with Crippen LogP contribution in [0.25, 0.3) is 0 Å². The quantitative estimate of drug-likeness (QED) is 0.294. The Morgan fingerprint density at radius 1 is 1.29 bits per heavy atom. The van der Waals surface area contributed by atoms with E-state index >= 15 is 0 Å². The van der Waals surface area contributed by atoms with Crippen LogP contribution in [0.5, 0.6) is 0 Å². The third-order valence-corrected chi connectivity index (χ3v) is 6.54. The predicted octanol–water partition coefficient (Wildman–Crippen LogP) is 2.80. The van der Waals surface area contributed by atoms with Gasteiger partial charge in [-0.05, 0) is 43.9 Å². The second-order valence-corrected chi connectivity index (χ2v) is 8.78. The summed E-state index contributed by atoms with van der Waals surface area (Å²) in [5, 5.41) is 9.73. The molecule has 1 saturated carbocycles. The van der Waals surface area contributed by atoms with E-state index in [4.69, 9.17) is 0 Å². The molecule has 0 saturated heterocycles. The molecule has 6 nitrogen and oxygen atoms in total. The second-order valence-electron chi connectivity index (χ2n) is 6.77. The van der Waals surface area contributed by atoms with Crippen LogP contribution >= 0.6 is 24.0 Å². The van der Waals surface area contributed by atoms with Crippen LogP contribution in [0.4, 0.5) is 0 Å². The van der Waals surface area contributed by atoms with E-state index in [1.165, 1.54) is 0 Å². The summed E-state index contributed by atoms with van der Waals surface area (Å²) in [6, 6.07) is 7.81. The van der Waals surface area contributed by atoms with Crippen molar-refractivity contribution in [2.75, 3.05) is 19.3 Å². The van der Waals surface area contributed by atoms with Crippen LogP contribution in [0.1, 0.15) is 55.5 Å². The monoisotopic (exact) mass is 520 g/mol. The smallest absolute Gasteiger partial charge is 0.251 e. The number of benzene rings is 1. The molecule has 1 aromatic carbocycles. The van der Waals surface area contributed by atoms with E-state index in [1.807, 2.05) is 32.0 Å². The molecule has 1 aliphatic carbocycles. The van der Waals surface area contributed by atoms with Crippen molar-refractivity contribution in [1.82, 2.24) is 16.0 Å². The number of amides is 1. The van der Waals surface area contributed by atoms with Gasteiger partial charge in [0.1, 0.15) is 0 Å². The Kier molecular flexibility index (Phi) is 11.7. The van der Waals surface area contributed by atoms with E-state index in [0.29, 0.717) is 18.2 Å². The molecule has 1 fully saturated rings. The van der Waals surface area contributed by atoms with Gasteiger partial charge in [0.05, 0.1) is 6.54 Å². The van der Waals surface area contributed by atoms with Crippen molar-refractivity contribution >= 4 is 46.6 Å². The van der Waals surface area contributed by atoms with Crippen LogP contribution in [0, 0.1) is 0 Å². The number of guanidine groups is 1. The number of hydrogen-bond donors (Lipinski definition) is 3. The van der Waals surface area contributed by atoms with Gasteiger partial charge in [0.25, 0.3) is 5.91 Å². The van der Waals surface area contributed by atoms with E-state index in [1.54, 1.807) is 13.1 Å². The Balaban J connectivity index is 0.00000392. The van der Waals surface area contributed by atoms with Gasteiger partial charge in [0, 0.05) is 47.0 Å². The lowest BCUT2D eigenvalue weighted by molar-refractivity contribution is 0.0963. The van der Waals surface area contributed by atoms with E-state index in [9.17, 15) is 9.00 Å². The summed E-state index contributed by atoms with van der Waals surface area (Å²) in [6.07, 6.45) is 4.16. The third kappa shape index (κ3) is 7.69. The van der Waals surface area contributed by atoms with Gasteiger partial charge in [-0.15, -0.1) is 24.0 Å². The van der Waals surface area contributed by atoms with Crippen molar-refractivity contribution in [3.05, 3.63) is 35.4 Å². The van der Waals surface area contributed by atoms with Crippen LogP contribution in [0.15, 0.2) is 29.3 Å². The molecular weight excluding hydrogens is 487 g/mol. The molecule has 2 rings (SSSR count). The highest BCUT2D eigenvalue weighted by Gasteiger charge is 2.26. The van der Waals surface area contributed by atoms with Crippen molar-refractivity contribution in [3.8, 4) is 0 Å². The first-order valence-corrected chi connectivity index (χ1v) is 11.2. The lowest BCUT2D eigenvalue weighted by Gasteiger charge is -2.30. The number of carbonyl (C=O) groups excluding carboxylic acids is 1. The lowest BCUT2D eigenvalue weighted by atomic mass is 9.95. The minimum Gasteiger partial charge on any atom is -0.357 e. The summed E-state index contributed by atoms with van der Waals surface area (Å²) in [6.45, 7) is 5.31. The predicted molar refractivity (Wildman–Crippen MR) is 128 cm³/mol. The fraction of sp³-hybridized carbons (Fsp3) is 0.600. The molecule has 0 aromatic heterocycles. The zero-order valence-electron chi connectivity index (χ0n) is 17.0. The van der Waals surface area contributed by atoms with E-state index in [2.05, 4.69) is 20.9 Å². The maximum Gasteiger partial charge on any atom is 0.251 e. The van der Waals surface area contributed by atoms with Crippen LogP contribution in [-0.2, 0) is 17.3 Å². The minimum absolute atomic E-state index is 0. The van der Waals surface area contributed by atoms with Gasteiger partial charge in [-0.25, -0.2) is 4.99 Å². The number of rotatable bonds is 7. The van der Waals surface area contributed by atoms with Gasteiger partial charge in [-0.3, -0.25) is 9.00 Å². The van der Waals surface area contributed by atoms with Crippen LogP contribution in [0.2, 0.25) is 0 Å². The highest BCUT2D eigenvalue weighted by atomic mass is 127. The van der Waals surface area contributed by atoms with Gasteiger partial charge in [0.15, 0.2) is 5.96 Å². The van der Waals surface area contributed by atoms with Crippen LogP contribution in [-0.4, -0.2) is 46.7 Å². The molecule has 3 atom stereocenters. The Morgan fingerprint density at radius 3 is 2.75 bits per heavy atom. The summed E-state index contributed by atoms with van der Waals surface area (Å²) in [5.74, 6) is 1.41. The van der Waals surface area contributed by atoms with Crippen molar-refractivity contribution in [1.29, 1.82) is 0 Å². The molecule has 3 N–H and O–H groups in total. The average molecular weight is 520 g/mol. The van der Waals surface area contributed by atoms with E-state index < -0.39 is 10.8 Å². The Hall–Kier alpha value is -1.16. The zero-order chi connectivity index (χ0) is 19.6. The van der Waals surface area contributed by atoms with Crippen molar-refractivity contribution in [3.63, 3.8) is 0 Å². The van der Waals surface area contributed by atoms with Gasteiger partial charge in [-0.2, -0.15) is 0 Å². The molecule has 0 radical (unpaired) electrons. The summed E-state index contributed by atoms with van der Waals surface area (Å²) in [5.41, 5.74) is 1.63. The molecule has 1 aliphatic rings. The number of nitrogens with zero attached hydrogens (tertiary/aromatic N) is 1. The number of halogens is 1. The maximum absolute atomic E-state index is 12.2. The maximum atomic E-state index is 12.2. The fourth-order valence-corrected chi connectivity index (χ4v) is 4.74. The summed E-state index contributed by atoms with van der Waals surface area (Å²) in [4.78, 5) is 16.5. The fourth-order valence-electron chi connectivity index (χ4n) is 3.39. The number of nitrogens with one attached hydrogen (secondary N) is 3. The standard InChI is InChI=1S/C20H32N4O2S.HI/c1-4-22-20(24-17-10-7-11-18(13-17)27(26)5-2)23-14-15-8-6-9-16(12-15)19(25)21-3;/h6,8-9,12,17-18H,4-5,7,10-11,13-14H2,1-3H3,(H,21,25)(H2,22,23,24);1H. The van der Waals surface area contributed by atoms with Crippen LogP contribution in [0.3, 0.4) is 0 Å². The second kappa shape index (κ2) is 13.1.